The van der Waals surface area contributed by atoms with E-state index in [1.165, 1.54) is 180 Å². The van der Waals surface area contributed by atoms with Crippen LogP contribution in [0.4, 0.5) is 0 Å². The standard InChI is InChI=1S/C48H95N5O2/c1-6-9-12-15-18-19-20-26-34-44-55-47(54)39-31-27-33-42-53(43-35-40-50-48(51-45-49)52(4)5)41-32-25-21-24-30-38-46(36-28-22-16-13-10-7-2)37-29-23-17-14-11-8-3/h46H,6-44H2,1-5H3,(H,50,51). The van der Waals surface area contributed by atoms with Gasteiger partial charge in [-0.05, 0) is 57.7 Å². The van der Waals surface area contributed by atoms with Crippen LogP contribution in [-0.4, -0.2) is 68.6 Å². The van der Waals surface area contributed by atoms with Crippen LogP contribution in [0.1, 0.15) is 239 Å². The molecule has 0 aliphatic rings. The Labute approximate surface area is 344 Å². The summed E-state index contributed by atoms with van der Waals surface area (Å²) < 4.78 is 5.53. The van der Waals surface area contributed by atoms with Gasteiger partial charge < -0.3 is 14.5 Å². The first-order valence-corrected chi connectivity index (χ1v) is 24.2. The van der Waals surface area contributed by atoms with E-state index in [9.17, 15) is 4.79 Å². The van der Waals surface area contributed by atoms with Crippen molar-refractivity contribution < 1.29 is 9.53 Å². The van der Waals surface area contributed by atoms with E-state index < -0.39 is 0 Å². The molecule has 0 unspecified atom stereocenters. The highest BCUT2D eigenvalue weighted by Crippen LogP contribution is 2.25. The molecule has 0 fully saturated rings. The lowest BCUT2D eigenvalue weighted by molar-refractivity contribution is -0.143. The number of hydrogen-bond acceptors (Lipinski definition) is 5. The lowest BCUT2D eigenvalue weighted by Crippen LogP contribution is -2.34. The van der Waals surface area contributed by atoms with Crippen molar-refractivity contribution >= 4 is 11.9 Å². The molecule has 0 spiro atoms. The number of unbranched alkanes of at least 4 members (excludes halogenated alkanes) is 24. The minimum Gasteiger partial charge on any atom is -0.466 e. The molecular formula is C48H95N5O2. The normalized spacial score (nSPS) is 11.8. The Bertz CT molecular complexity index is 857. The third-order valence-corrected chi connectivity index (χ3v) is 11.4. The van der Waals surface area contributed by atoms with Gasteiger partial charge in [0.25, 0.3) is 0 Å². The number of hydrogen-bond donors (Lipinski definition) is 1. The van der Waals surface area contributed by atoms with Gasteiger partial charge in [0.05, 0.1) is 6.61 Å². The van der Waals surface area contributed by atoms with Crippen LogP contribution in [0, 0.1) is 17.4 Å². The van der Waals surface area contributed by atoms with Crippen LogP contribution in [0.5, 0.6) is 0 Å². The van der Waals surface area contributed by atoms with Gasteiger partial charge in [0.2, 0.25) is 5.96 Å². The molecule has 0 aliphatic heterocycles. The maximum atomic E-state index is 12.3. The highest BCUT2D eigenvalue weighted by atomic mass is 16.5. The first kappa shape index (κ1) is 53.2. The molecule has 0 aromatic carbocycles. The molecule has 324 valence electrons. The van der Waals surface area contributed by atoms with Crippen LogP contribution in [-0.2, 0) is 9.53 Å². The van der Waals surface area contributed by atoms with E-state index in [2.05, 4.69) is 36.0 Å². The van der Waals surface area contributed by atoms with Crippen LogP contribution in [0.25, 0.3) is 0 Å². The van der Waals surface area contributed by atoms with Crippen molar-refractivity contribution in [3.63, 3.8) is 0 Å². The molecule has 0 rings (SSSR count). The lowest BCUT2D eigenvalue weighted by atomic mass is 9.89. The number of rotatable bonds is 42. The summed E-state index contributed by atoms with van der Waals surface area (Å²) in [6, 6.07) is 0. The molecule has 0 amide bonds. The molecule has 7 heteroatoms. The predicted molar refractivity (Wildman–Crippen MR) is 240 cm³/mol. The van der Waals surface area contributed by atoms with Crippen molar-refractivity contribution in [2.24, 2.45) is 10.9 Å². The zero-order valence-corrected chi connectivity index (χ0v) is 37.8. The number of aliphatic imine (C=N–C) groups is 1. The monoisotopic (exact) mass is 774 g/mol. The van der Waals surface area contributed by atoms with Gasteiger partial charge in [-0.1, -0.05) is 201 Å². The summed E-state index contributed by atoms with van der Waals surface area (Å²) in [7, 11) is 3.82. The van der Waals surface area contributed by atoms with E-state index in [4.69, 9.17) is 10.00 Å². The van der Waals surface area contributed by atoms with Gasteiger partial charge in [0.15, 0.2) is 6.19 Å². The Hall–Kier alpha value is -1.81. The number of ether oxygens (including phenoxy) is 1. The zero-order chi connectivity index (χ0) is 40.3. The fraction of sp³-hybridized carbons (Fsp3) is 0.938. The van der Waals surface area contributed by atoms with E-state index in [0.29, 0.717) is 25.5 Å². The number of guanidine groups is 1. The van der Waals surface area contributed by atoms with Gasteiger partial charge >= 0.3 is 5.97 Å². The summed E-state index contributed by atoms with van der Waals surface area (Å²) in [6.07, 6.45) is 46.2. The fourth-order valence-electron chi connectivity index (χ4n) is 7.77. The number of nitrogens with zero attached hydrogens (tertiary/aromatic N) is 4. The van der Waals surface area contributed by atoms with Crippen LogP contribution in [0.15, 0.2) is 4.99 Å². The minimum absolute atomic E-state index is 0.0203. The van der Waals surface area contributed by atoms with Gasteiger partial charge in [-0.3, -0.25) is 15.1 Å². The third kappa shape index (κ3) is 38.8. The first-order valence-electron chi connectivity index (χ1n) is 24.2. The maximum absolute atomic E-state index is 12.3. The lowest BCUT2D eigenvalue weighted by Gasteiger charge is -2.22. The summed E-state index contributed by atoms with van der Waals surface area (Å²) in [4.78, 5) is 21.4. The highest BCUT2D eigenvalue weighted by molar-refractivity contribution is 5.80. The number of carbonyl (C=O) groups excluding carboxylic acids is 1. The third-order valence-electron chi connectivity index (χ3n) is 11.4. The summed E-state index contributed by atoms with van der Waals surface area (Å²) in [5.41, 5.74) is 0. The number of carbonyl (C=O) groups is 1. The Morgan fingerprint density at radius 1 is 0.564 bits per heavy atom. The second kappa shape index (κ2) is 43.3. The number of esters is 1. The quantitative estimate of drug-likeness (QED) is 0.0166. The largest absolute Gasteiger partial charge is 0.466 e. The second-order valence-electron chi connectivity index (χ2n) is 16.9. The summed E-state index contributed by atoms with van der Waals surface area (Å²) >= 11 is 0. The van der Waals surface area contributed by atoms with E-state index >= 15 is 0 Å². The van der Waals surface area contributed by atoms with Crippen molar-refractivity contribution in [2.45, 2.75) is 239 Å². The summed E-state index contributed by atoms with van der Waals surface area (Å²) in [6.45, 7) is 11.4. The van der Waals surface area contributed by atoms with Gasteiger partial charge in [-0.2, -0.15) is 5.26 Å². The van der Waals surface area contributed by atoms with E-state index in [-0.39, 0.29) is 5.97 Å². The molecule has 0 aliphatic carbocycles. The fourth-order valence-corrected chi connectivity index (χ4v) is 7.77. The molecule has 1 N–H and O–H groups in total. The second-order valence-corrected chi connectivity index (χ2v) is 16.9. The Balaban J connectivity index is 4.50. The van der Waals surface area contributed by atoms with Crippen LogP contribution >= 0.6 is 0 Å². The highest BCUT2D eigenvalue weighted by Gasteiger charge is 2.10. The van der Waals surface area contributed by atoms with Gasteiger partial charge in [-0.15, -0.1) is 0 Å². The molecule has 0 aromatic rings. The Morgan fingerprint density at radius 2 is 0.964 bits per heavy atom. The molecule has 0 atom stereocenters. The molecule has 0 saturated carbocycles. The van der Waals surface area contributed by atoms with Crippen molar-refractivity contribution in [1.82, 2.24) is 15.1 Å². The first-order chi connectivity index (χ1) is 27.0. The molecule has 0 saturated heterocycles. The SMILES string of the molecule is CCCCCCCCCCCOC(=O)CCCCCN(CCCCCCCC(CCCCCCCC)CCCCCCCC)CCCN=C(NC#N)N(C)C. The summed E-state index contributed by atoms with van der Waals surface area (Å²) in [5.74, 6) is 1.56. The van der Waals surface area contributed by atoms with Crippen molar-refractivity contribution in [3.05, 3.63) is 0 Å². The maximum Gasteiger partial charge on any atom is 0.305 e. The molecule has 55 heavy (non-hydrogen) atoms. The topological polar surface area (TPSA) is 81.0 Å². The molecule has 0 bridgehead atoms. The van der Waals surface area contributed by atoms with Crippen molar-refractivity contribution in [1.29, 1.82) is 5.26 Å². The van der Waals surface area contributed by atoms with Crippen LogP contribution in [0.3, 0.4) is 0 Å². The molecule has 0 radical (unpaired) electrons. The van der Waals surface area contributed by atoms with Gasteiger partial charge in [-0.25, -0.2) is 0 Å². The Morgan fingerprint density at radius 3 is 1.42 bits per heavy atom. The minimum atomic E-state index is -0.0203. The number of nitrogens with one attached hydrogen (secondary N) is 1. The van der Waals surface area contributed by atoms with E-state index in [1.54, 1.807) is 0 Å². The zero-order valence-electron chi connectivity index (χ0n) is 37.8. The molecule has 0 aromatic heterocycles. The van der Waals surface area contributed by atoms with E-state index in [1.807, 2.05) is 25.2 Å². The van der Waals surface area contributed by atoms with Crippen molar-refractivity contribution in [2.75, 3.05) is 46.9 Å². The molecular weight excluding hydrogens is 679 g/mol. The molecule has 7 nitrogen and oxygen atoms in total. The predicted octanol–water partition coefficient (Wildman–Crippen LogP) is 13.8. The van der Waals surface area contributed by atoms with E-state index in [0.717, 1.165) is 57.7 Å². The van der Waals surface area contributed by atoms with Gasteiger partial charge in [0.1, 0.15) is 0 Å². The van der Waals surface area contributed by atoms with Crippen LogP contribution in [0.2, 0.25) is 0 Å². The average molecular weight is 774 g/mol. The smallest absolute Gasteiger partial charge is 0.305 e. The average Bonchev–Trinajstić information content (AvgIpc) is 3.17. The van der Waals surface area contributed by atoms with Gasteiger partial charge in [0, 0.05) is 27.1 Å². The number of nitriles is 1. The van der Waals surface area contributed by atoms with Crippen LogP contribution < -0.4 is 5.32 Å². The van der Waals surface area contributed by atoms with Crippen molar-refractivity contribution in [3.8, 4) is 6.19 Å². The Kier molecular flexibility index (Phi) is 41.9. The summed E-state index contributed by atoms with van der Waals surface area (Å²) in [5, 5.41) is 11.7. The molecule has 0 heterocycles.